The largest absolute Gasteiger partial charge is 0.494 e. The fourth-order valence-corrected chi connectivity index (χ4v) is 5.11. The van der Waals surface area contributed by atoms with Gasteiger partial charge in [-0.15, -0.1) is 0 Å². The van der Waals surface area contributed by atoms with Crippen LogP contribution in [0.2, 0.25) is 0 Å². The van der Waals surface area contributed by atoms with Crippen LogP contribution in [0.5, 0.6) is 5.75 Å². The van der Waals surface area contributed by atoms with Gasteiger partial charge in [0.1, 0.15) is 11.9 Å². The maximum absolute atomic E-state index is 12.9. The van der Waals surface area contributed by atoms with Crippen LogP contribution in [0.3, 0.4) is 0 Å². The normalized spacial score (nSPS) is 21.9. The van der Waals surface area contributed by atoms with Crippen LogP contribution in [0, 0.1) is 0 Å². The van der Waals surface area contributed by atoms with Crippen molar-refractivity contribution in [2.45, 2.75) is 50.2 Å². The van der Waals surface area contributed by atoms with Crippen molar-refractivity contribution in [1.82, 2.24) is 9.21 Å². The lowest BCUT2D eigenvalue weighted by Gasteiger charge is -2.35. The molecule has 2 heterocycles. The fourth-order valence-electron chi connectivity index (χ4n) is 3.69. The van der Waals surface area contributed by atoms with Crippen LogP contribution < -0.4 is 4.74 Å². The van der Waals surface area contributed by atoms with Crippen molar-refractivity contribution in [3.8, 4) is 5.75 Å². The average molecular weight is 441 g/mol. The molecule has 0 saturated carbocycles. The van der Waals surface area contributed by atoms with Gasteiger partial charge in [0, 0.05) is 32.8 Å². The maximum Gasteiger partial charge on any atom is 0.251 e. The molecule has 0 spiro atoms. The maximum atomic E-state index is 12.9. The van der Waals surface area contributed by atoms with E-state index >= 15 is 0 Å². The Balaban J connectivity index is 1.49. The number of rotatable bonds is 8. The molecule has 1 aromatic carbocycles. The smallest absolute Gasteiger partial charge is 0.251 e. The number of hydrogen-bond acceptors (Lipinski definition) is 6. The lowest BCUT2D eigenvalue weighted by molar-refractivity contribution is -0.147. The Kier molecular flexibility index (Phi) is 8.10. The van der Waals surface area contributed by atoms with Gasteiger partial charge in [0.15, 0.2) is 0 Å². The summed E-state index contributed by atoms with van der Waals surface area (Å²) in [6.45, 7) is 6.54. The van der Waals surface area contributed by atoms with Gasteiger partial charge in [-0.05, 0) is 57.4 Å². The zero-order chi connectivity index (χ0) is 21.6. The molecular formula is C21H32N2O6S. The SMILES string of the molecule is CCOc1ccc(S(=O)(=O)N2CCN(C(=O)C(C)OCC3CCCCO3)CC2)cc1. The summed E-state index contributed by atoms with van der Waals surface area (Å²) >= 11 is 0. The van der Waals surface area contributed by atoms with Crippen LogP contribution in [0.15, 0.2) is 29.2 Å². The van der Waals surface area contributed by atoms with Crippen molar-refractivity contribution >= 4 is 15.9 Å². The van der Waals surface area contributed by atoms with E-state index in [9.17, 15) is 13.2 Å². The minimum atomic E-state index is -3.60. The van der Waals surface area contributed by atoms with Crippen LogP contribution in [-0.2, 0) is 24.3 Å². The Morgan fingerprint density at radius 1 is 1.17 bits per heavy atom. The second-order valence-electron chi connectivity index (χ2n) is 7.60. The highest BCUT2D eigenvalue weighted by molar-refractivity contribution is 7.89. The van der Waals surface area contributed by atoms with Gasteiger partial charge in [-0.2, -0.15) is 4.31 Å². The minimum absolute atomic E-state index is 0.0603. The summed E-state index contributed by atoms with van der Waals surface area (Å²) in [5, 5.41) is 0. The van der Waals surface area contributed by atoms with Crippen LogP contribution in [0.25, 0.3) is 0 Å². The number of carbonyl (C=O) groups is 1. The van der Waals surface area contributed by atoms with Gasteiger partial charge >= 0.3 is 0 Å². The molecule has 8 nitrogen and oxygen atoms in total. The van der Waals surface area contributed by atoms with Crippen molar-refractivity contribution in [3.63, 3.8) is 0 Å². The van der Waals surface area contributed by atoms with Crippen molar-refractivity contribution in [2.24, 2.45) is 0 Å². The van der Waals surface area contributed by atoms with Gasteiger partial charge in [-0.3, -0.25) is 4.79 Å². The fraction of sp³-hybridized carbons (Fsp3) is 0.667. The Hall–Kier alpha value is -1.68. The highest BCUT2D eigenvalue weighted by Gasteiger charge is 2.32. The zero-order valence-corrected chi connectivity index (χ0v) is 18.6. The van der Waals surface area contributed by atoms with Gasteiger partial charge in [-0.25, -0.2) is 8.42 Å². The van der Waals surface area contributed by atoms with E-state index in [1.54, 1.807) is 36.1 Å². The van der Waals surface area contributed by atoms with E-state index in [4.69, 9.17) is 14.2 Å². The number of amides is 1. The molecule has 2 saturated heterocycles. The lowest BCUT2D eigenvalue weighted by Crippen LogP contribution is -2.52. The third kappa shape index (κ3) is 5.72. The van der Waals surface area contributed by atoms with E-state index in [0.29, 0.717) is 32.1 Å². The van der Waals surface area contributed by atoms with Crippen LogP contribution in [0.1, 0.15) is 33.1 Å². The van der Waals surface area contributed by atoms with Gasteiger partial charge in [0.25, 0.3) is 5.91 Å². The summed E-state index contributed by atoms with van der Waals surface area (Å²) in [5.41, 5.74) is 0. The predicted octanol–water partition coefficient (Wildman–Crippen LogP) is 1.89. The molecule has 2 aliphatic rings. The number of carbonyl (C=O) groups excluding carboxylic acids is 1. The number of piperazine rings is 1. The van der Waals surface area contributed by atoms with Crippen molar-refractivity contribution in [1.29, 1.82) is 0 Å². The summed E-state index contributed by atoms with van der Waals surface area (Å²) in [5.74, 6) is 0.531. The molecule has 2 aliphatic heterocycles. The molecule has 0 aliphatic carbocycles. The third-order valence-electron chi connectivity index (χ3n) is 5.48. The van der Waals surface area contributed by atoms with Crippen molar-refractivity contribution in [2.75, 3.05) is 46.0 Å². The first-order chi connectivity index (χ1) is 14.4. The summed E-state index contributed by atoms with van der Waals surface area (Å²) in [6, 6.07) is 6.43. The second kappa shape index (κ2) is 10.6. The van der Waals surface area contributed by atoms with Crippen LogP contribution in [0.4, 0.5) is 0 Å². The Morgan fingerprint density at radius 2 is 1.87 bits per heavy atom. The standard InChI is InChI=1S/C21H32N2O6S/c1-3-27-18-7-9-20(10-8-18)30(25,26)23-13-11-22(12-14-23)21(24)17(2)29-16-19-6-4-5-15-28-19/h7-10,17,19H,3-6,11-16H2,1-2H3. The topological polar surface area (TPSA) is 85.4 Å². The molecule has 1 amide bonds. The third-order valence-corrected chi connectivity index (χ3v) is 7.39. The van der Waals surface area contributed by atoms with E-state index < -0.39 is 16.1 Å². The van der Waals surface area contributed by atoms with Gasteiger partial charge in [0.05, 0.1) is 24.2 Å². The molecule has 1 aromatic rings. The van der Waals surface area contributed by atoms with Crippen molar-refractivity contribution < 1.29 is 27.4 Å². The number of nitrogens with zero attached hydrogens (tertiary/aromatic N) is 2. The molecule has 2 atom stereocenters. The molecule has 168 valence electrons. The number of ether oxygens (including phenoxy) is 3. The monoisotopic (exact) mass is 440 g/mol. The Bertz CT molecular complexity index is 784. The first kappa shape index (κ1) is 23.0. The van der Waals surface area contributed by atoms with Gasteiger partial charge < -0.3 is 19.1 Å². The van der Waals surface area contributed by atoms with Crippen LogP contribution in [-0.4, -0.2) is 81.7 Å². The first-order valence-corrected chi connectivity index (χ1v) is 12.1. The molecule has 0 radical (unpaired) electrons. The van der Waals surface area contributed by atoms with Gasteiger partial charge in [0.2, 0.25) is 10.0 Å². The molecule has 3 rings (SSSR count). The lowest BCUT2D eigenvalue weighted by atomic mass is 10.1. The number of sulfonamides is 1. The second-order valence-corrected chi connectivity index (χ2v) is 9.54. The molecule has 0 bridgehead atoms. The predicted molar refractivity (Wildman–Crippen MR) is 112 cm³/mol. The molecule has 2 unspecified atom stereocenters. The molecule has 0 N–H and O–H groups in total. The van der Waals surface area contributed by atoms with E-state index in [-0.39, 0.29) is 30.0 Å². The Morgan fingerprint density at radius 3 is 2.47 bits per heavy atom. The molecule has 0 aromatic heterocycles. The summed E-state index contributed by atoms with van der Waals surface area (Å²) in [4.78, 5) is 14.6. The average Bonchev–Trinajstić information content (AvgIpc) is 2.78. The highest BCUT2D eigenvalue weighted by atomic mass is 32.2. The Labute approximate surface area is 179 Å². The summed E-state index contributed by atoms with van der Waals surface area (Å²) < 4.78 is 43.9. The quantitative estimate of drug-likeness (QED) is 0.614. The molecular weight excluding hydrogens is 408 g/mol. The molecule has 2 fully saturated rings. The van der Waals surface area contributed by atoms with E-state index in [1.807, 2.05) is 6.92 Å². The zero-order valence-electron chi connectivity index (χ0n) is 17.8. The van der Waals surface area contributed by atoms with E-state index in [2.05, 4.69) is 0 Å². The minimum Gasteiger partial charge on any atom is -0.494 e. The summed E-state index contributed by atoms with van der Waals surface area (Å²) in [6.07, 6.45) is 2.66. The summed E-state index contributed by atoms with van der Waals surface area (Å²) in [7, 11) is -3.60. The molecule has 9 heteroatoms. The molecule has 30 heavy (non-hydrogen) atoms. The van der Waals surface area contributed by atoms with Crippen molar-refractivity contribution in [3.05, 3.63) is 24.3 Å². The van der Waals surface area contributed by atoms with E-state index in [0.717, 1.165) is 25.9 Å². The van der Waals surface area contributed by atoms with E-state index in [1.165, 1.54) is 4.31 Å². The number of benzene rings is 1. The van der Waals surface area contributed by atoms with Crippen LogP contribution >= 0.6 is 0 Å². The highest BCUT2D eigenvalue weighted by Crippen LogP contribution is 2.21. The first-order valence-electron chi connectivity index (χ1n) is 10.7. The number of hydrogen-bond donors (Lipinski definition) is 0. The van der Waals surface area contributed by atoms with Gasteiger partial charge in [-0.1, -0.05) is 0 Å².